The molecule has 0 saturated heterocycles. The van der Waals surface area contributed by atoms with Gasteiger partial charge in [-0.25, -0.2) is 0 Å². The minimum Gasteiger partial charge on any atom is -0.468 e. The van der Waals surface area contributed by atoms with Crippen LogP contribution in [0.1, 0.15) is 20.3 Å². The highest BCUT2D eigenvalue weighted by Crippen LogP contribution is 2.09. The highest BCUT2D eigenvalue weighted by Gasteiger charge is 2.22. The van der Waals surface area contributed by atoms with Crippen molar-refractivity contribution in [3.05, 3.63) is 18.6 Å². The van der Waals surface area contributed by atoms with Gasteiger partial charge in [-0.15, -0.1) is 0 Å². The molecule has 3 nitrogen and oxygen atoms in total. The molecular weight excluding hydrogens is 168 g/mol. The van der Waals surface area contributed by atoms with Crippen LogP contribution in [0.15, 0.2) is 11.6 Å². The number of rotatable bonds is 4. The average Bonchev–Trinajstić information content (AvgIpc) is 2.03. The molecule has 0 rings (SSSR count). The number of hydrogen-bond acceptors (Lipinski definition) is 3. The lowest BCUT2D eigenvalue weighted by atomic mass is 10.0. The van der Waals surface area contributed by atoms with Crippen LogP contribution in [0.5, 0.6) is 0 Å². The van der Waals surface area contributed by atoms with Crippen molar-refractivity contribution in [2.45, 2.75) is 20.3 Å². The standard InChI is InChI=1S/C10H15O3/c1-7(2)5-6-9(8(3)11)10(12)13-4/h5,9H,1,6H2,2-4H3/b7-5-. The van der Waals surface area contributed by atoms with Gasteiger partial charge in [0.2, 0.25) is 0 Å². The van der Waals surface area contributed by atoms with Gasteiger partial charge < -0.3 is 4.74 Å². The van der Waals surface area contributed by atoms with Gasteiger partial charge in [0.15, 0.2) is 0 Å². The normalized spacial score (nSPS) is 13.7. The first kappa shape index (κ1) is 11.9. The van der Waals surface area contributed by atoms with E-state index in [0.29, 0.717) is 6.42 Å². The first-order chi connectivity index (χ1) is 5.99. The molecule has 0 aromatic carbocycles. The number of allylic oxidation sites excluding steroid dienone is 2. The number of Topliss-reactive ketones (excluding diaryl/α,β-unsaturated/α-hetero) is 1. The topological polar surface area (TPSA) is 43.4 Å². The molecule has 0 amide bonds. The van der Waals surface area contributed by atoms with E-state index in [-0.39, 0.29) is 5.78 Å². The van der Waals surface area contributed by atoms with Crippen molar-refractivity contribution >= 4 is 11.8 Å². The number of hydrogen-bond donors (Lipinski definition) is 0. The van der Waals surface area contributed by atoms with Gasteiger partial charge in [-0.1, -0.05) is 11.6 Å². The Morgan fingerprint density at radius 1 is 1.46 bits per heavy atom. The van der Waals surface area contributed by atoms with Gasteiger partial charge in [0.05, 0.1) is 7.11 Å². The second-order valence-corrected chi connectivity index (χ2v) is 2.97. The molecule has 0 aliphatic heterocycles. The second kappa shape index (κ2) is 5.51. The summed E-state index contributed by atoms with van der Waals surface area (Å²) >= 11 is 0. The maximum atomic E-state index is 11.1. The Morgan fingerprint density at radius 3 is 2.31 bits per heavy atom. The number of carbonyl (C=O) groups is 2. The van der Waals surface area contributed by atoms with Gasteiger partial charge in [0, 0.05) is 0 Å². The molecule has 3 heteroatoms. The third kappa shape index (κ3) is 4.45. The van der Waals surface area contributed by atoms with Gasteiger partial charge in [0.1, 0.15) is 11.7 Å². The number of esters is 1. The number of ether oxygens (including phenoxy) is 1. The van der Waals surface area contributed by atoms with Gasteiger partial charge in [0.25, 0.3) is 0 Å². The molecule has 0 aliphatic carbocycles. The highest BCUT2D eigenvalue weighted by atomic mass is 16.5. The fraction of sp³-hybridized carbons (Fsp3) is 0.500. The summed E-state index contributed by atoms with van der Waals surface area (Å²) in [7, 11) is 1.28. The lowest BCUT2D eigenvalue weighted by molar-refractivity contribution is -0.148. The van der Waals surface area contributed by atoms with Crippen LogP contribution in [0.25, 0.3) is 0 Å². The monoisotopic (exact) mass is 183 g/mol. The van der Waals surface area contributed by atoms with Crippen LogP contribution in [0, 0.1) is 12.8 Å². The number of methoxy groups -OCH3 is 1. The van der Waals surface area contributed by atoms with E-state index in [1.807, 2.05) is 6.92 Å². The van der Waals surface area contributed by atoms with E-state index in [1.54, 1.807) is 6.08 Å². The summed E-state index contributed by atoms with van der Waals surface area (Å²) in [6.07, 6.45) is 2.13. The number of carbonyl (C=O) groups excluding carboxylic acids is 2. The maximum absolute atomic E-state index is 11.1. The van der Waals surface area contributed by atoms with Crippen LogP contribution in [0.4, 0.5) is 0 Å². The Hall–Kier alpha value is -1.12. The summed E-state index contributed by atoms with van der Waals surface area (Å²) in [6.45, 7) is 6.85. The van der Waals surface area contributed by atoms with Crippen molar-refractivity contribution in [1.82, 2.24) is 0 Å². The molecule has 13 heavy (non-hydrogen) atoms. The Labute approximate surface area is 78.8 Å². The van der Waals surface area contributed by atoms with Crippen LogP contribution in [0.3, 0.4) is 0 Å². The molecule has 0 fully saturated rings. The highest BCUT2D eigenvalue weighted by molar-refractivity contribution is 5.97. The van der Waals surface area contributed by atoms with Gasteiger partial charge in [-0.3, -0.25) is 9.59 Å². The zero-order valence-corrected chi connectivity index (χ0v) is 8.29. The van der Waals surface area contributed by atoms with Crippen molar-refractivity contribution in [1.29, 1.82) is 0 Å². The van der Waals surface area contributed by atoms with Gasteiger partial charge >= 0.3 is 5.97 Å². The largest absolute Gasteiger partial charge is 0.468 e. The zero-order valence-electron chi connectivity index (χ0n) is 8.29. The summed E-state index contributed by atoms with van der Waals surface area (Å²) in [5.41, 5.74) is 0.843. The van der Waals surface area contributed by atoms with E-state index < -0.39 is 11.9 Å². The van der Waals surface area contributed by atoms with Crippen LogP contribution in [-0.2, 0) is 14.3 Å². The van der Waals surface area contributed by atoms with E-state index >= 15 is 0 Å². The van der Waals surface area contributed by atoms with Crippen LogP contribution in [-0.4, -0.2) is 18.9 Å². The molecule has 0 bridgehead atoms. The smallest absolute Gasteiger partial charge is 0.316 e. The molecule has 1 atom stereocenters. The minimum atomic E-state index is -0.679. The Morgan fingerprint density at radius 2 is 2.00 bits per heavy atom. The molecule has 0 aliphatic rings. The van der Waals surface area contributed by atoms with Crippen molar-refractivity contribution in [2.75, 3.05) is 7.11 Å². The van der Waals surface area contributed by atoms with Crippen molar-refractivity contribution in [3.8, 4) is 0 Å². The van der Waals surface area contributed by atoms with Gasteiger partial charge in [-0.05, 0) is 27.2 Å². The SMILES string of the molecule is [CH2]/C(C)=C/CC(C(C)=O)C(=O)OC. The third-order valence-electron chi connectivity index (χ3n) is 1.68. The summed E-state index contributed by atoms with van der Waals surface area (Å²) < 4.78 is 4.50. The average molecular weight is 183 g/mol. The predicted octanol–water partition coefficient (Wildman–Crippen LogP) is 1.54. The molecule has 0 saturated carbocycles. The molecule has 0 heterocycles. The molecule has 0 aromatic rings. The predicted molar refractivity (Wildman–Crippen MR) is 49.9 cm³/mol. The maximum Gasteiger partial charge on any atom is 0.316 e. The Kier molecular flexibility index (Phi) is 5.04. The van der Waals surface area contributed by atoms with Gasteiger partial charge in [-0.2, -0.15) is 0 Å². The molecular formula is C10H15O3. The summed E-state index contributed by atoms with van der Waals surface area (Å²) in [5.74, 6) is -1.34. The lowest BCUT2D eigenvalue weighted by Crippen LogP contribution is -2.22. The number of ketones is 1. The second-order valence-electron chi connectivity index (χ2n) is 2.97. The first-order valence-electron chi connectivity index (χ1n) is 4.06. The Balaban J connectivity index is 4.36. The molecule has 73 valence electrons. The molecule has 1 radical (unpaired) electrons. The lowest BCUT2D eigenvalue weighted by Gasteiger charge is -2.08. The summed E-state index contributed by atoms with van der Waals surface area (Å²) in [5, 5.41) is 0. The molecule has 0 N–H and O–H groups in total. The van der Waals surface area contributed by atoms with E-state index in [2.05, 4.69) is 11.7 Å². The van der Waals surface area contributed by atoms with E-state index in [1.165, 1.54) is 14.0 Å². The Bertz CT molecular complexity index is 224. The van der Waals surface area contributed by atoms with Crippen molar-refractivity contribution in [3.63, 3.8) is 0 Å². The fourth-order valence-electron chi connectivity index (χ4n) is 0.889. The van der Waals surface area contributed by atoms with Crippen molar-refractivity contribution < 1.29 is 14.3 Å². The molecule has 0 spiro atoms. The zero-order chi connectivity index (χ0) is 10.4. The quantitative estimate of drug-likeness (QED) is 0.490. The van der Waals surface area contributed by atoms with E-state index in [9.17, 15) is 9.59 Å². The van der Waals surface area contributed by atoms with E-state index in [4.69, 9.17) is 0 Å². The van der Waals surface area contributed by atoms with Crippen molar-refractivity contribution in [2.24, 2.45) is 5.92 Å². The van der Waals surface area contributed by atoms with E-state index in [0.717, 1.165) is 5.57 Å². The van der Waals surface area contributed by atoms with Crippen LogP contribution >= 0.6 is 0 Å². The third-order valence-corrected chi connectivity index (χ3v) is 1.68. The fourth-order valence-corrected chi connectivity index (χ4v) is 0.889. The first-order valence-corrected chi connectivity index (χ1v) is 4.06. The molecule has 0 aromatic heterocycles. The summed E-state index contributed by atoms with van der Waals surface area (Å²) in [6, 6.07) is 0. The summed E-state index contributed by atoms with van der Waals surface area (Å²) in [4.78, 5) is 22.1. The van der Waals surface area contributed by atoms with Crippen LogP contribution in [0.2, 0.25) is 0 Å². The molecule has 1 unspecified atom stereocenters. The minimum absolute atomic E-state index is 0.177. The van der Waals surface area contributed by atoms with Crippen LogP contribution < -0.4 is 0 Å².